The van der Waals surface area contributed by atoms with Crippen LogP contribution in [-0.2, 0) is 22.7 Å². The summed E-state index contributed by atoms with van der Waals surface area (Å²) < 4.78 is 27.9. The molecule has 0 saturated carbocycles. The Bertz CT molecular complexity index is 1200. The molecule has 0 unspecified atom stereocenters. The average Bonchev–Trinajstić information content (AvgIpc) is 2.69. The fourth-order valence-electron chi connectivity index (χ4n) is 3.68. The van der Waals surface area contributed by atoms with Crippen molar-refractivity contribution in [3.8, 4) is 11.4 Å². The number of hydrogen-bond donors (Lipinski definition) is 1. The molecule has 144 valence electrons. The molecular weight excluding hydrogens is 398 g/mol. The van der Waals surface area contributed by atoms with Crippen LogP contribution in [0, 0.1) is 0 Å². The second-order valence-corrected chi connectivity index (χ2v) is 9.07. The quantitative estimate of drug-likeness (QED) is 0.703. The first-order valence-corrected chi connectivity index (χ1v) is 10.8. The Morgan fingerprint density at radius 1 is 0.929 bits per heavy atom. The number of para-hydroxylation sites is 1. The Kier molecular flexibility index (Phi) is 4.77. The van der Waals surface area contributed by atoms with E-state index in [1.54, 1.807) is 24.3 Å². The van der Waals surface area contributed by atoms with E-state index in [2.05, 4.69) is 0 Å². The molecule has 2 aromatic carbocycles. The summed E-state index contributed by atoms with van der Waals surface area (Å²) in [7, 11) is -4.22. The summed E-state index contributed by atoms with van der Waals surface area (Å²) in [6, 6.07) is 14.5. The first-order chi connectivity index (χ1) is 13.4. The van der Waals surface area contributed by atoms with E-state index >= 15 is 0 Å². The van der Waals surface area contributed by atoms with Gasteiger partial charge in [-0.25, -0.2) is 8.42 Å². The summed E-state index contributed by atoms with van der Waals surface area (Å²) in [6.07, 6.45) is 2.84. The third kappa shape index (κ3) is 3.02. The molecule has 0 amide bonds. The van der Waals surface area contributed by atoms with Crippen LogP contribution in [0.2, 0.25) is 5.02 Å². The van der Waals surface area contributed by atoms with E-state index in [1.165, 1.54) is 28.8 Å². The maximum atomic E-state index is 13.3. The van der Waals surface area contributed by atoms with Crippen LogP contribution < -0.4 is 5.56 Å². The van der Waals surface area contributed by atoms with Crippen LogP contribution in [0.5, 0.6) is 5.75 Å². The van der Waals surface area contributed by atoms with Crippen molar-refractivity contribution in [2.75, 3.05) is 0 Å². The smallest absolute Gasteiger partial charge is 0.278 e. The highest BCUT2D eigenvalue weighted by atomic mass is 35.5. The van der Waals surface area contributed by atoms with Gasteiger partial charge in [0, 0.05) is 22.0 Å². The fraction of sp³-hybridized carbons (Fsp3) is 0.190. The highest BCUT2D eigenvalue weighted by Crippen LogP contribution is 2.35. The molecule has 0 fully saturated rings. The third-order valence-electron chi connectivity index (χ3n) is 5.01. The number of pyridine rings is 1. The van der Waals surface area contributed by atoms with Gasteiger partial charge in [0.05, 0.1) is 4.90 Å². The van der Waals surface area contributed by atoms with Crippen LogP contribution in [0.15, 0.2) is 69.2 Å². The first-order valence-electron chi connectivity index (χ1n) is 8.97. The second-order valence-electron chi connectivity index (χ2n) is 6.74. The molecule has 0 spiro atoms. The van der Waals surface area contributed by atoms with Gasteiger partial charge in [-0.3, -0.25) is 9.36 Å². The molecule has 1 aliphatic rings. The zero-order valence-electron chi connectivity index (χ0n) is 14.9. The van der Waals surface area contributed by atoms with Crippen molar-refractivity contribution in [1.29, 1.82) is 0 Å². The zero-order chi connectivity index (χ0) is 19.9. The van der Waals surface area contributed by atoms with Crippen molar-refractivity contribution in [3.05, 3.63) is 81.2 Å². The van der Waals surface area contributed by atoms with Gasteiger partial charge in [-0.1, -0.05) is 29.8 Å². The maximum absolute atomic E-state index is 13.3. The van der Waals surface area contributed by atoms with Gasteiger partial charge >= 0.3 is 0 Å². The van der Waals surface area contributed by atoms with Gasteiger partial charge in [-0.15, -0.1) is 0 Å². The summed E-state index contributed by atoms with van der Waals surface area (Å²) in [5.41, 5.74) is 1.05. The standard InChI is InChI=1S/C21H18ClNO4S/c22-14-10-12-16(13-11-14)28(26,27)20-19(24)17-8-4-5-9-18(17)23(21(20)25)15-6-2-1-3-7-15/h1-3,6-7,10-13,24H,4-5,8-9H2. The Labute approximate surface area is 167 Å². The largest absolute Gasteiger partial charge is 0.506 e. The molecule has 5 nitrogen and oxygen atoms in total. The number of sulfone groups is 1. The van der Waals surface area contributed by atoms with Gasteiger partial charge in [0.15, 0.2) is 4.90 Å². The van der Waals surface area contributed by atoms with E-state index in [0.29, 0.717) is 34.8 Å². The topological polar surface area (TPSA) is 76.4 Å². The van der Waals surface area contributed by atoms with Crippen molar-refractivity contribution in [1.82, 2.24) is 4.57 Å². The molecule has 0 aliphatic heterocycles. The normalized spacial score (nSPS) is 13.9. The van der Waals surface area contributed by atoms with Crippen molar-refractivity contribution >= 4 is 21.4 Å². The zero-order valence-corrected chi connectivity index (χ0v) is 16.5. The van der Waals surface area contributed by atoms with Crippen LogP contribution >= 0.6 is 11.6 Å². The van der Waals surface area contributed by atoms with Gasteiger partial charge in [0.2, 0.25) is 9.84 Å². The minimum Gasteiger partial charge on any atom is -0.506 e. The molecule has 1 aliphatic carbocycles. The molecule has 1 N–H and O–H groups in total. The molecular formula is C21H18ClNO4S. The molecule has 0 saturated heterocycles. The van der Waals surface area contributed by atoms with E-state index < -0.39 is 26.0 Å². The summed E-state index contributed by atoms with van der Waals surface area (Å²) >= 11 is 5.86. The number of nitrogens with zero attached hydrogens (tertiary/aromatic N) is 1. The minimum atomic E-state index is -4.22. The Morgan fingerprint density at radius 2 is 1.57 bits per heavy atom. The Balaban J connectivity index is 2.06. The molecule has 1 heterocycles. The van der Waals surface area contributed by atoms with E-state index in [4.69, 9.17) is 11.6 Å². The molecule has 3 aromatic rings. The number of fused-ring (bicyclic) bond motifs is 1. The van der Waals surface area contributed by atoms with E-state index in [9.17, 15) is 18.3 Å². The fourth-order valence-corrected chi connectivity index (χ4v) is 5.23. The minimum absolute atomic E-state index is 0.0836. The molecule has 1 aromatic heterocycles. The first kappa shape index (κ1) is 18.8. The Hall–Kier alpha value is -2.57. The average molecular weight is 416 g/mol. The lowest BCUT2D eigenvalue weighted by Gasteiger charge is -2.24. The molecule has 0 radical (unpaired) electrons. The summed E-state index contributed by atoms with van der Waals surface area (Å²) in [5, 5.41) is 11.2. The number of hydrogen-bond acceptors (Lipinski definition) is 4. The number of aromatic hydroxyl groups is 1. The SMILES string of the molecule is O=c1c(S(=O)(=O)c2ccc(Cl)cc2)c(O)c2c(n1-c1ccccc1)CCCC2. The molecule has 0 bridgehead atoms. The number of aromatic nitrogens is 1. The predicted molar refractivity (Wildman–Crippen MR) is 107 cm³/mol. The van der Waals surface area contributed by atoms with Crippen LogP contribution in [0.1, 0.15) is 24.1 Å². The van der Waals surface area contributed by atoms with Crippen molar-refractivity contribution < 1.29 is 13.5 Å². The van der Waals surface area contributed by atoms with Crippen LogP contribution in [0.4, 0.5) is 0 Å². The van der Waals surface area contributed by atoms with E-state index in [0.717, 1.165) is 12.8 Å². The van der Waals surface area contributed by atoms with Crippen molar-refractivity contribution in [3.63, 3.8) is 0 Å². The molecule has 0 atom stereocenters. The predicted octanol–water partition coefficient (Wildman–Crippen LogP) is 3.91. The second kappa shape index (κ2) is 7.11. The number of benzene rings is 2. The van der Waals surface area contributed by atoms with Gasteiger partial charge in [-0.05, 0) is 62.1 Å². The Morgan fingerprint density at radius 3 is 2.25 bits per heavy atom. The highest BCUT2D eigenvalue weighted by molar-refractivity contribution is 7.91. The number of rotatable bonds is 3. The highest BCUT2D eigenvalue weighted by Gasteiger charge is 2.32. The monoisotopic (exact) mass is 415 g/mol. The summed E-state index contributed by atoms with van der Waals surface area (Å²) in [4.78, 5) is 12.7. The van der Waals surface area contributed by atoms with Gasteiger partial charge < -0.3 is 5.11 Å². The van der Waals surface area contributed by atoms with Crippen LogP contribution in [-0.4, -0.2) is 18.1 Å². The van der Waals surface area contributed by atoms with Crippen molar-refractivity contribution in [2.45, 2.75) is 35.5 Å². The summed E-state index contributed by atoms with van der Waals surface area (Å²) in [5.74, 6) is -0.429. The van der Waals surface area contributed by atoms with E-state index in [-0.39, 0.29) is 4.90 Å². The lowest BCUT2D eigenvalue weighted by molar-refractivity contribution is 0.437. The molecule has 28 heavy (non-hydrogen) atoms. The van der Waals surface area contributed by atoms with Gasteiger partial charge in [-0.2, -0.15) is 0 Å². The lowest BCUT2D eigenvalue weighted by atomic mass is 9.94. The maximum Gasteiger partial charge on any atom is 0.278 e. The molecule has 4 rings (SSSR count). The van der Waals surface area contributed by atoms with Crippen LogP contribution in [0.3, 0.4) is 0 Å². The van der Waals surface area contributed by atoms with Crippen molar-refractivity contribution in [2.24, 2.45) is 0 Å². The van der Waals surface area contributed by atoms with Crippen LogP contribution in [0.25, 0.3) is 5.69 Å². The van der Waals surface area contributed by atoms with E-state index in [1.807, 2.05) is 6.07 Å². The van der Waals surface area contributed by atoms with Gasteiger partial charge in [0.1, 0.15) is 5.75 Å². The third-order valence-corrected chi connectivity index (χ3v) is 7.06. The number of halogens is 1. The molecule has 7 heteroatoms. The van der Waals surface area contributed by atoms with Gasteiger partial charge in [0.25, 0.3) is 5.56 Å². The summed E-state index contributed by atoms with van der Waals surface area (Å²) in [6.45, 7) is 0. The lowest BCUT2D eigenvalue weighted by Crippen LogP contribution is -2.30.